The van der Waals surface area contributed by atoms with Crippen molar-refractivity contribution in [2.45, 2.75) is 0 Å². The molecule has 1 fully saturated rings. The maximum Gasteiger partial charge on any atom is 0.254 e. The lowest BCUT2D eigenvalue weighted by Crippen LogP contribution is -2.40. The van der Waals surface area contributed by atoms with Crippen molar-refractivity contribution in [1.29, 1.82) is 0 Å². The molecule has 1 saturated heterocycles. The lowest BCUT2D eigenvalue weighted by Gasteiger charge is -2.27. The monoisotopic (exact) mass is 339 g/mol. The van der Waals surface area contributed by atoms with Crippen molar-refractivity contribution in [2.24, 2.45) is 7.05 Å². The molecule has 0 saturated carbocycles. The number of hydrogen-bond donors (Lipinski definition) is 0. The number of carbonyl (C=O) groups is 1. The zero-order valence-corrected chi connectivity index (χ0v) is 13.9. The van der Waals surface area contributed by atoms with Crippen LogP contribution < -0.4 is 0 Å². The van der Waals surface area contributed by atoms with Crippen molar-refractivity contribution < 1.29 is 13.9 Å². The van der Waals surface area contributed by atoms with Gasteiger partial charge in [-0.25, -0.2) is 9.37 Å². The summed E-state index contributed by atoms with van der Waals surface area (Å²) >= 11 is 0. The Morgan fingerprint density at radius 2 is 2.00 bits per heavy atom. The fraction of sp³-hybridized carbons (Fsp3) is 0.263. The normalized spacial score (nSPS) is 14.9. The smallest absolute Gasteiger partial charge is 0.254 e. The van der Waals surface area contributed by atoms with Crippen LogP contribution in [0.1, 0.15) is 10.4 Å². The first-order valence-corrected chi connectivity index (χ1v) is 8.22. The second-order valence-electron chi connectivity index (χ2n) is 6.13. The minimum Gasteiger partial charge on any atom is -0.378 e. The third-order valence-electron chi connectivity index (χ3n) is 4.51. The van der Waals surface area contributed by atoms with Crippen LogP contribution in [0, 0.1) is 5.82 Å². The molecule has 0 spiro atoms. The van der Waals surface area contributed by atoms with Gasteiger partial charge >= 0.3 is 0 Å². The van der Waals surface area contributed by atoms with Crippen molar-refractivity contribution in [1.82, 2.24) is 14.5 Å². The van der Waals surface area contributed by atoms with Gasteiger partial charge in [-0.05, 0) is 36.4 Å². The summed E-state index contributed by atoms with van der Waals surface area (Å²) in [6.07, 6.45) is 1.93. The summed E-state index contributed by atoms with van der Waals surface area (Å²) in [5.41, 5.74) is 2.68. The van der Waals surface area contributed by atoms with Crippen molar-refractivity contribution >= 4 is 16.8 Å². The van der Waals surface area contributed by atoms with Crippen LogP contribution in [0.25, 0.3) is 22.3 Å². The van der Waals surface area contributed by atoms with Gasteiger partial charge in [-0.15, -0.1) is 0 Å². The Bertz CT molecular complexity index is 945. The molecule has 0 unspecified atom stereocenters. The van der Waals surface area contributed by atoms with E-state index in [-0.39, 0.29) is 11.7 Å². The van der Waals surface area contributed by atoms with E-state index in [9.17, 15) is 9.18 Å². The topological polar surface area (TPSA) is 47.4 Å². The van der Waals surface area contributed by atoms with E-state index in [1.54, 1.807) is 17.0 Å². The summed E-state index contributed by atoms with van der Waals surface area (Å²) in [4.78, 5) is 19.4. The van der Waals surface area contributed by atoms with Crippen LogP contribution in [0.4, 0.5) is 4.39 Å². The van der Waals surface area contributed by atoms with Crippen LogP contribution in [0.3, 0.4) is 0 Å². The molecule has 0 N–H and O–H groups in total. The van der Waals surface area contributed by atoms with Crippen molar-refractivity contribution in [3.8, 4) is 11.4 Å². The number of aromatic nitrogens is 2. The molecule has 128 valence electrons. The quantitative estimate of drug-likeness (QED) is 0.721. The average Bonchev–Trinajstić information content (AvgIpc) is 3.07. The zero-order valence-electron chi connectivity index (χ0n) is 13.9. The van der Waals surface area contributed by atoms with Crippen LogP contribution in [-0.4, -0.2) is 46.7 Å². The molecule has 3 aromatic rings. The first-order chi connectivity index (χ1) is 12.1. The van der Waals surface area contributed by atoms with Gasteiger partial charge in [0, 0.05) is 31.7 Å². The van der Waals surface area contributed by atoms with Gasteiger partial charge in [-0.3, -0.25) is 4.79 Å². The van der Waals surface area contributed by atoms with E-state index in [0.717, 1.165) is 5.69 Å². The number of nitrogens with zero attached hydrogens (tertiary/aromatic N) is 3. The van der Waals surface area contributed by atoms with Crippen LogP contribution in [0.15, 0.2) is 42.6 Å². The average molecular weight is 339 g/mol. The molecule has 1 aromatic carbocycles. The Labute approximate surface area is 144 Å². The second kappa shape index (κ2) is 6.29. The molecule has 1 aliphatic heterocycles. The highest BCUT2D eigenvalue weighted by Gasteiger charge is 2.22. The van der Waals surface area contributed by atoms with Crippen LogP contribution in [0.5, 0.6) is 0 Å². The fourth-order valence-corrected chi connectivity index (χ4v) is 3.17. The molecule has 2 aromatic heterocycles. The molecule has 1 aliphatic rings. The Balaban J connectivity index is 1.89. The lowest BCUT2D eigenvalue weighted by atomic mass is 10.0. The van der Waals surface area contributed by atoms with E-state index in [4.69, 9.17) is 4.74 Å². The van der Waals surface area contributed by atoms with Gasteiger partial charge in [-0.2, -0.15) is 0 Å². The summed E-state index contributed by atoms with van der Waals surface area (Å²) in [7, 11) is 1.93. The van der Waals surface area contributed by atoms with Crippen molar-refractivity contribution in [2.75, 3.05) is 26.3 Å². The third kappa shape index (κ3) is 2.89. The fourth-order valence-electron chi connectivity index (χ4n) is 3.17. The molecule has 1 amide bonds. The van der Waals surface area contributed by atoms with Gasteiger partial charge in [0.1, 0.15) is 5.82 Å². The molecule has 25 heavy (non-hydrogen) atoms. The summed E-state index contributed by atoms with van der Waals surface area (Å²) in [6, 6.07) is 10.00. The van der Waals surface area contributed by atoms with Crippen LogP contribution in [0.2, 0.25) is 0 Å². The molecule has 0 atom stereocenters. The minimum absolute atomic E-state index is 0.114. The number of carbonyl (C=O) groups excluding carboxylic acids is 1. The largest absolute Gasteiger partial charge is 0.378 e. The number of fused-ring (bicyclic) bond motifs is 1. The molecule has 0 bridgehead atoms. The van der Waals surface area contributed by atoms with E-state index in [2.05, 4.69) is 4.98 Å². The Morgan fingerprint density at radius 3 is 2.72 bits per heavy atom. The van der Waals surface area contributed by atoms with Gasteiger partial charge < -0.3 is 14.2 Å². The van der Waals surface area contributed by atoms with Crippen LogP contribution >= 0.6 is 0 Å². The Hall–Kier alpha value is -2.73. The molecule has 0 radical (unpaired) electrons. The highest BCUT2D eigenvalue weighted by molar-refractivity contribution is 6.07. The van der Waals surface area contributed by atoms with Gasteiger partial charge in [-0.1, -0.05) is 0 Å². The lowest BCUT2D eigenvalue weighted by molar-refractivity contribution is 0.0304. The molecule has 3 heterocycles. The van der Waals surface area contributed by atoms with E-state index in [0.29, 0.717) is 48.5 Å². The van der Waals surface area contributed by atoms with Gasteiger partial charge in [0.25, 0.3) is 5.91 Å². The van der Waals surface area contributed by atoms with Crippen molar-refractivity contribution in [3.05, 3.63) is 54.0 Å². The number of hydrogen-bond acceptors (Lipinski definition) is 3. The molecular weight excluding hydrogens is 321 g/mol. The Kier molecular flexibility index (Phi) is 3.97. The number of ether oxygens (including phenoxy) is 1. The van der Waals surface area contributed by atoms with Gasteiger partial charge in [0.15, 0.2) is 0 Å². The SMILES string of the molecule is Cn1cccc1-c1cc(C(=O)N2CCOCC2)c2cc(F)ccc2n1. The highest BCUT2D eigenvalue weighted by atomic mass is 19.1. The number of aryl methyl sites for hydroxylation is 1. The number of rotatable bonds is 2. The molecular formula is C19H18FN3O2. The number of pyridine rings is 1. The molecule has 0 aliphatic carbocycles. The maximum atomic E-state index is 13.8. The predicted molar refractivity (Wildman–Crippen MR) is 92.8 cm³/mol. The van der Waals surface area contributed by atoms with E-state index in [1.165, 1.54) is 12.1 Å². The van der Waals surface area contributed by atoms with Crippen LogP contribution in [-0.2, 0) is 11.8 Å². The number of amides is 1. The predicted octanol–water partition coefficient (Wildman–Crippen LogP) is 2.85. The third-order valence-corrected chi connectivity index (χ3v) is 4.51. The first-order valence-electron chi connectivity index (χ1n) is 8.22. The molecule has 5 nitrogen and oxygen atoms in total. The standard InChI is InChI=1S/C19H18FN3O2/c1-22-6-2-3-18(22)17-12-15(19(24)23-7-9-25-10-8-23)14-11-13(20)4-5-16(14)21-17/h2-6,11-12H,7-10H2,1H3. The maximum absolute atomic E-state index is 13.8. The number of halogens is 1. The van der Waals surface area contributed by atoms with E-state index < -0.39 is 0 Å². The molecule has 4 rings (SSSR count). The van der Waals surface area contributed by atoms with E-state index >= 15 is 0 Å². The summed E-state index contributed by atoms with van der Waals surface area (Å²) in [5.74, 6) is -0.492. The van der Waals surface area contributed by atoms with E-state index in [1.807, 2.05) is 29.9 Å². The van der Waals surface area contributed by atoms with Gasteiger partial charge in [0.05, 0.1) is 35.7 Å². The summed E-state index contributed by atoms with van der Waals surface area (Å²) in [6.45, 7) is 2.12. The number of benzene rings is 1. The minimum atomic E-state index is -0.378. The highest BCUT2D eigenvalue weighted by Crippen LogP contribution is 2.27. The summed E-state index contributed by atoms with van der Waals surface area (Å²) < 4.78 is 21.0. The first kappa shape index (κ1) is 15.8. The number of morpholine rings is 1. The summed E-state index contributed by atoms with van der Waals surface area (Å²) in [5, 5.41) is 0.537. The van der Waals surface area contributed by atoms with Crippen molar-refractivity contribution in [3.63, 3.8) is 0 Å². The Morgan fingerprint density at radius 1 is 1.20 bits per heavy atom. The zero-order chi connectivity index (χ0) is 17.4. The molecule has 6 heteroatoms. The second-order valence-corrected chi connectivity index (χ2v) is 6.13. The van der Waals surface area contributed by atoms with Gasteiger partial charge in [0.2, 0.25) is 0 Å².